The van der Waals surface area contributed by atoms with Crippen LogP contribution in [0.2, 0.25) is 0 Å². The van der Waals surface area contributed by atoms with Gasteiger partial charge in [-0.25, -0.2) is 0 Å². The van der Waals surface area contributed by atoms with E-state index in [0.29, 0.717) is 13.0 Å². The zero-order valence-corrected chi connectivity index (χ0v) is 16.3. The quantitative estimate of drug-likeness (QED) is 0.159. The van der Waals surface area contributed by atoms with Gasteiger partial charge in [0, 0.05) is 13.0 Å². The second-order valence-corrected chi connectivity index (χ2v) is 6.66. The van der Waals surface area contributed by atoms with Gasteiger partial charge >= 0.3 is 35.5 Å². The molecule has 0 unspecified atom stereocenters. The maximum absolute atomic E-state index is 11.4. The van der Waals surface area contributed by atoms with E-state index in [2.05, 4.69) is 24.4 Å². The van der Waals surface area contributed by atoms with Crippen LogP contribution in [0.5, 0.6) is 0 Å². The van der Waals surface area contributed by atoms with E-state index in [1.807, 2.05) is 7.05 Å². The zero-order chi connectivity index (χ0) is 17.7. The van der Waals surface area contributed by atoms with Crippen molar-refractivity contribution < 1.29 is 9.53 Å². The first-order valence-corrected chi connectivity index (χ1v) is 10.3. The molecule has 0 amide bonds. The fourth-order valence-electron chi connectivity index (χ4n) is 2.68. The molecular weight excluding hydrogens is 321 g/mol. The Bertz CT molecular complexity index is 296. The first-order chi connectivity index (χ1) is 11.8. The molecule has 1 N–H and O–H groups in total. The molecule has 0 aliphatic carbocycles. The van der Waals surface area contributed by atoms with Crippen molar-refractivity contribution in [3.05, 3.63) is 12.2 Å². The Kier molecular flexibility index (Phi) is 26.5. The number of esters is 1. The molecule has 0 aromatic heterocycles. The SMILES string of the molecule is CCCCCCCC/C=C\CCCCCCCC(=O)OCCNC.[NaH]. The number of ether oxygens (including phenoxy) is 1. The van der Waals surface area contributed by atoms with Gasteiger partial charge in [0.2, 0.25) is 0 Å². The van der Waals surface area contributed by atoms with Gasteiger partial charge in [-0.05, 0) is 39.2 Å². The van der Waals surface area contributed by atoms with Crippen molar-refractivity contribution in [3.63, 3.8) is 0 Å². The van der Waals surface area contributed by atoms with Crippen molar-refractivity contribution >= 4 is 35.5 Å². The molecule has 0 atom stereocenters. The fraction of sp³-hybridized carbons (Fsp3) is 0.857. The van der Waals surface area contributed by atoms with Crippen LogP contribution in [0.25, 0.3) is 0 Å². The Morgan fingerprint density at radius 2 is 1.36 bits per heavy atom. The zero-order valence-electron chi connectivity index (χ0n) is 16.3. The van der Waals surface area contributed by atoms with Gasteiger partial charge < -0.3 is 10.1 Å². The second kappa shape index (κ2) is 24.2. The van der Waals surface area contributed by atoms with E-state index in [9.17, 15) is 4.79 Å². The number of unbranched alkanes of at least 4 members (excludes halogenated alkanes) is 11. The van der Waals surface area contributed by atoms with Gasteiger partial charge in [0.1, 0.15) is 6.61 Å². The van der Waals surface area contributed by atoms with Gasteiger partial charge in [0.25, 0.3) is 0 Å². The van der Waals surface area contributed by atoms with Gasteiger partial charge in [-0.15, -0.1) is 0 Å². The molecule has 144 valence electrons. The Hall–Kier alpha value is 0.170. The number of allylic oxidation sites excluding steroid dienone is 2. The molecule has 0 aliphatic rings. The van der Waals surface area contributed by atoms with Crippen molar-refractivity contribution in [1.82, 2.24) is 5.32 Å². The van der Waals surface area contributed by atoms with E-state index in [1.54, 1.807) is 0 Å². The summed E-state index contributed by atoms with van der Waals surface area (Å²) in [6, 6.07) is 0. The van der Waals surface area contributed by atoms with Crippen molar-refractivity contribution in [3.8, 4) is 0 Å². The van der Waals surface area contributed by atoms with E-state index in [4.69, 9.17) is 4.74 Å². The summed E-state index contributed by atoms with van der Waals surface area (Å²) in [4.78, 5) is 11.4. The third kappa shape index (κ3) is 24.2. The minimum atomic E-state index is -0.0529. The standard InChI is InChI=1S/C21H41NO2.Na.H/c1-3-4-5-6-7-8-9-10-11-12-13-14-15-16-17-18-21(23)24-20-19-22-2;;/h10-11,22H,3-9,12-20H2,1-2H3;;/b11-10-;;. The van der Waals surface area contributed by atoms with Crippen LogP contribution in [-0.4, -0.2) is 55.7 Å². The summed E-state index contributed by atoms with van der Waals surface area (Å²) in [5, 5.41) is 2.96. The number of likely N-dealkylation sites (N-methyl/N-ethyl adjacent to an activating group) is 1. The van der Waals surface area contributed by atoms with Crippen LogP contribution < -0.4 is 5.32 Å². The van der Waals surface area contributed by atoms with Crippen LogP contribution in [0.15, 0.2) is 12.2 Å². The average Bonchev–Trinajstić information content (AvgIpc) is 2.58. The number of nitrogens with one attached hydrogen (secondary N) is 1. The van der Waals surface area contributed by atoms with Crippen LogP contribution in [0.4, 0.5) is 0 Å². The number of carbonyl (C=O) groups excluding carboxylic acids is 1. The summed E-state index contributed by atoms with van der Waals surface area (Å²) in [7, 11) is 1.86. The van der Waals surface area contributed by atoms with Crippen molar-refractivity contribution in [2.45, 2.75) is 96.8 Å². The molecule has 0 fully saturated rings. The monoisotopic (exact) mass is 363 g/mol. The van der Waals surface area contributed by atoms with E-state index in [1.165, 1.54) is 70.6 Å². The van der Waals surface area contributed by atoms with Crippen LogP contribution in [0, 0.1) is 0 Å². The number of rotatable bonds is 18. The van der Waals surface area contributed by atoms with Gasteiger partial charge in [0.05, 0.1) is 0 Å². The molecule has 0 saturated carbocycles. The van der Waals surface area contributed by atoms with E-state index < -0.39 is 0 Å². The molecular formula is C21H42NNaO2. The number of carbonyl (C=O) groups is 1. The predicted molar refractivity (Wildman–Crippen MR) is 111 cm³/mol. The Labute approximate surface area is 179 Å². The molecule has 4 heteroatoms. The van der Waals surface area contributed by atoms with E-state index in [-0.39, 0.29) is 35.5 Å². The first-order valence-electron chi connectivity index (χ1n) is 10.3. The van der Waals surface area contributed by atoms with Gasteiger partial charge in [-0.1, -0.05) is 70.4 Å². The normalized spacial score (nSPS) is 10.8. The molecule has 3 nitrogen and oxygen atoms in total. The molecule has 0 spiro atoms. The van der Waals surface area contributed by atoms with Gasteiger partial charge in [0.15, 0.2) is 0 Å². The van der Waals surface area contributed by atoms with Crippen molar-refractivity contribution in [1.29, 1.82) is 0 Å². The fourth-order valence-corrected chi connectivity index (χ4v) is 2.68. The number of hydrogen-bond acceptors (Lipinski definition) is 3. The third-order valence-corrected chi connectivity index (χ3v) is 4.26. The maximum atomic E-state index is 11.4. The molecule has 0 aromatic rings. The van der Waals surface area contributed by atoms with Crippen LogP contribution in [0.1, 0.15) is 96.8 Å². The summed E-state index contributed by atoms with van der Waals surface area (Å²) in [6.07, 6.45) is 21.9. The van der Waals surface area contributed by atoms with Crippen LogP contribution in [0.3, 0.4) is 0 Å². The van der Waals surface area contributed by atoms with E-state index in [0.717, 1.165) is 19.4 Å². The summed E-state index contributed by atoms with van der Waals surface area (Å²) in [5.74, 6) is -0.0529. The summed E-state index contributed by atoms with van der Waals surface area (Å²) >= 11 is 0. The molecule has 0 aliphatic heterocycles. The molecule has 0 aromatic carbocycles. The molecule has 0 bridgehead atoms. The summed E-state index contributed by atoms with van der Waals surface area (Å²) < 4.78 is 5.09. The molecule has 0 saturated heterocycles. The minimum absolute atomic E-state index is 0. The van der Waals surface area contributed by atoms with E-state index >= 15 is 0 Å². The number of hydrogen-bond donors (Lipinski definition) is 1. The topological polar surface area (TPSA) is 38.3 Å². The molecule has 0 rings (SSSR count). The summed E-state index contributed by atoms with van der Waals surface area (Å²) in [6.45, 7) is 3.49. The average molecular weight is 364 g/mol. The Balaban J connectivity index is 0. The Morgan fingerprint density at radius 3 is 1.92 bits per heavy atom. The van der Waals surface area contributed by atoms with Crippen LogP contribution >= 0.6 is 0 Å². The van der Waals surface area contributed by atoms with Crippen molar-refractivity contribution in [2.24, 2.45) is 0 Å². The third-order valence-electron chi connectivity index (χ3n) is 4.26. The molecule has 0 heterocycles. The van der Waals surface area contributed by atoms with Gasteiger partial charge in [-0.2, -0.15) is 0 Å². The van der Waals surface area contributed by atoms with Crippen molar-refractivity contribution in [2.75, 3.05) is 20.2 Å². The first kappa shape index (κ1) is 27.4. The second-order valence-electron chi connectivity index (χ2n) is 6.66. The molecule has 25 heavy (non-hydrogen) atoms. The Morgan fingerprint density at radius 1 is 0.840 bits per heavy atom. The van der Waals surface area contributed by atoms with Crippen LogP contribution in [-0.2, 0) is 9.53 Å². The predicted octanol–water partition coefficient (Wildman–Crippen LogP) is 5.14. The summed E-state index contributed by atoms with van der Waals surface area (Å²) in [5.41, 5.74) is 0. The van der Waals surface area contributed by atoms with Gasteiger partial charge in [-0.3, -0.25) is 4.79 Å². The molecule has 0 radical (unpaired) electrons.